The largest absolute Gasteiger partial charge is 0.316 e. The molecule has 1 fully saturated rings. The standard InChI is InChI=1S/C10H18N4/c1-7(2)10-12-9(13-14-10)5-8-3-4-11-6-8/h7-8,11H,3-6H2,1-2H3,(H,12,13,14). The van der Waals surface area contributed by atoms with Crippen LogP contribution in [0.5, 0.6) is 0 Å². The van der Waals surface area contributed by atoms with Gasteiger partial charge in [0.25, 0.3) is 0 Å². The maximum atomic E-state index is 4.48. The van der Waals surface area contributed by atoms with Crippen molar-refractivity contribution in [1.29, 1.82) is 0 Å². The van der Waals surface area contributed by atoms with Gasteiger partial charge < -0.3 is 5.32 Å². The number of nitrogens with one attached hydrogen (secondary N) is 2. The molecule has 0 radical (unpaired) electrons. The van der Waals surface area contributed by atoms with E-state index in [4.69, 9.17) is 0 Å². The summed E-state index contributed by atoms with van der Waals surface area (Å²) in [5.41, 5.74) is 0. The Morgan fingerprint density at radius 3 is 2.93 bits per heavy atom. The van der Waals surface area contributed by atoms with Crippen LogP contribution in [0.4, 0.5) is 0 Å². The lowest BCUT2D eigenvalue weighted by atomic mass is 10.1. The van der Waals surface area contributed by atoms with Crippen LogP contribution in [0, 0.1) is 5.92 Å². The summed E-state index contributed by atoms with van der Waals surface area (Å²) < 4.78 is 0. The zero-order valence-corrected chi connectivity index (χ0v) is 8.88. The van der Waals surface area contributed by atoms with Gasteiger partial charge in [-0.25, -0.2) is 4.98 Å². The van der Waals surface area contributed by atoms with E-state index in [2.05, 4.69) is 34.3 Å². The van der Waals surface area contributed by atoms with E-state index in [-0.39, 0.29) is 0 Å². The fourth-order valence-electron chi connectivity index (χ4n) is 1.82. The number of nitrogens with zero attached hydrogens (tertiary/aromatic N) is 2. The second-order valence-electron chi connectivity index (χ2n) is 4.36. The van der Waals surface area contributed by atoms with Gasteiger partial charge in [0.05, 0.1) is 0 Å². The molecule has 78 valence electrons. The first-order chi connectivity index (χ1) is 6.75. The van der Waals surface area contributed by atoms with Gasteiger partial charge in [-0.1, -0.05) is 13.8 Å². The second-order valence-corrected chi connectivity index (χ2v) is 4.36. The molecule has 2 rings (SSSR count). The first-order valence-corrected chi connectivity index (χ1v) is 5.37. The molecule has 1 aliphatic heterocycles. The Kier molecular flexibility index (Phi) is 2.82. The Morgan fingerprint density at radius 1 is 1.50 bits per heavy atom. The Hall–Kier alpha value is -0.900. The Morgan fingerprint density at radius 2 is 2.36 bits per heavy atom. The number of rotatable bonds is 3. The van der Waals surface area contributed by atoms with Gasteiger partial charge in [-0.3, -0.25) is 5.10 Å². The van der Waals surface area contributed by atoms with Crippen LogP contribution in [-0.2, 0) is 6.42 Å². The molecule has 0 spiro atoms. The van der Waals surface area contributed by atoms with E-state index in [9.17, 15) is 0 Å². The molecule has 2 heterocycles. The Labute approximate surface area is 84.5 Å². The van der Waals surface area contributed by atoms with Gasteiger partial charge >= 0.3 is 0 Å². The SMILES string of the molecule is CC(C)c1n[nH]c(CC2CCNC2)n1. The van der Waals surface area contributed by atoms with E-state index in [0.29, 0.717) is 5.92 Å². The molecule has 1 aliphatic rings. The fourth-order valence-corrected chi connectivity index (χ4v) is 1.82. The smallest absolute Gasteiger partial charge is 0.153 e. The van der Waals surface area contributed by atoms with Gasteiger partial charge in [-0.05, 0) is 25.4 Å². The number of hydrogen-bond acceptors (Lipinski definition) is 3. The molecule has 0 amide bonds. The van der Waals surface area contributed by atoms with Crippen molar-refractivity contribution in [3.8, 4) is 0 Å². The van der Waals surface area contributed by atoms with Crippen molar-refractivity contribution >= 4 is 0 Å². The lowest BCUT2D eigenvalue weighted by Crippen LogP contribution is -2.11. The number of hydrogen-bond donors (Lipinski definition) is 2. The molecular formula is C10H18N4. The van der Waals surface area contributed by atoms with E-state index in [1.54, 1.807) is 0 Å². The summed E-state index contributed by atoms with van der Waals surface area (Å²) in [5, 5.41) is 10.6. The van der Waals surface area contributed by atoms with Gasteiger partial charge in [0.2, 0.25) is 0 Å². The van der Waals surface area contributed by atoms with Gasteiger partial charge in [-0.15, -0.1) is 0 Å². The highest BCUT2D eigenvalue weighted by Gasteiger charge is 2.17. The molecule has 0 saturated carbocycles. The third-order valence-electron chi connectivity index (χ3n) is 2.71. The number of H-pyrrole nitrogens is 1. The summed E-state index contributed by atoms with van der Waals surface area (Å²) in [5.74, 6) is 3.14. The summed E-state index contributed by atoms with van der Waals surface area (Å²) in [6.07, 6.45) is 2.30. The van der Waals surface area contributed by atoms with Crippen LogP contribution in [0.25, 0.3) is 0 Å². The average Bonchev–Trinajstić information content (AvgIpc) is 2.75. The quantitative estimate of drug-likeness (QED) is 0.757. The third-order valence-corrected chi connectivity index (χ3v) is 2.71. The molecule has 1 atom stereocenters. The fraction of sp³-hybridized carbons (Fsp3) is 0.800. The predicted molar refractivity (Wildman–Crippen MR) is 55.2 cm³/mol. The van der Waals surface area contributed by atoms with Crippen LogP contribution in [0.1, 0.15) is 37.8 Å². The van der Waals surface area contributed by atoms with Crippen molar-refractivity contribution in [2.45, 2.75) is 32.6 Å². The summed E-state index contributed by atoms with van der Waals surface area (Å²) in [6, 6.07) is 0. The topological polar surface area (TPSA) is 53.6 Å². The molecule has 1 saturated heterocycles. The molecule has 4 nitrogen and oxygen atoms in total. The van der Waals surface area contributed by atoms with Gasteiger partial charge in [0.15, 0.2) is 5.82 Å². The zero-order valence-electron chi connectivity index (χ0n) is 8.88. The van der Waals surface area contributed by atoms with Crippen LogP contribution >= 0.6 is 0 Å². The van der Waals surface area contributed by atoms with E-state index >= 15 is 0 Å². The predicted octanol–water partition coefficient (Wildman–Crippen LogP) is 1.08. The van der Waals surface area contributed by atoms with Crippen molar-refractivity contribution in [3.63, 3.8) is 0 Å². The van der Waals surface area contributed by atoms with Crippen molar-refractivity contribution in [1.82, 2.24) is 20.5 Å². The first kappa shape index (κ1) is 9.65. The van der Waals surface area contributed by atoms with Crippen LogP contribution in [-0.4, -0.2) is 28.3 Å². The third kappa shape index (κ3) is 2.12. The molecule has 4 heteroatoms. The van der Waals surface area contributed by atoms with Crippen molar-refractivity contribution < 1.29 is 0 Å². The second kappa shape index (κ2) is 4.09. The maximum absolute atomic E-state index is 4.48. The van der Waals surface area contributed by atoms with E-state index in [1.807, 2.05) is 0 Å². The van der Waals surface area contributed by atoms with Crippen LogP contribution < -0.4 is 5.32 Å². The number of aromatic amines is 1. The normalized spacial score (nSPS) is 22.1. The Bertz CT molecular complexity index is 286. The van der Waals surface area contributed by atoms with Crippen molar-refractivity contribution in [2.75, 3.05) is 13.1 Å². The van der Waals surface area contributed by atoms with Crippen LogP contribution in [0.2, 0.25) is 0 Å². The lowest BCUT2D eigenvalue weighted by molar-refractivity contribution is 0.562. The highest BCUT2D eigenvalue weighted by Crippen LogP contribution is 2.14. The molecule has 0 bridgehead atoms. The van der Waals surface area contributed by atoms with E-state index in [0.717, 1.165) is 37.1 Å². The molecular weight excluding hydrogens is 176 g/mol. The average molecular weight is 194 g/mol. The van der Waals surface area contributed by atoms with Gasteiger partial charge in [0, 0.05) is 12.3 Å². The minimum atomic E-state index is 0.418. The van der Waals surface area contributed by atoms with Gasteiger partial charge in [-0.2, -0.15) is 5.10 Å². The molecule has 1 aromatic heterocycles. The summed E-state index contributed by atoms with van der Waals surface area (Å²) in [7, 11) is 0. The molecule has 1 unspecified atom stereocenters. The van der Waals surface area contributed by atoms with Crippen LogP contribution in [0.3, 0.4) is 0 Å². The maximum Gasteiger partial charge on any atom is 0.153 e. The van der Waals surface area contributed by atoms with E-state index in [1.165, 1.54) is 6.42 Å². The summed E-state index contributed by atoms with van der Waals surface area (Å²) in [4.78, 5) is 4.48. The van der Waals surface area contributed by atoms with E-state index < -0.39 is 0 Å². The van der Waals surface area contributed by atoms with Crippen molar-refractivity contribution in [2.24, 2.45) is 5.92 Å². The monoisotopic (exact) mass is 194 g/mol. The number of aromatic nitrogens is 3. The molecule has 0 aliphatic carbocycles. The summed E-state index contributed by atoms with van der Waals surface area (Å²) >= 11 is 0. The minimum absolute atomic E-state index is 0.418. The summed E-state index contributed by atoms with van der Waals surface area (Å²) in [6.45, 7) is 6.50. The van der Waals surface area contributed by atoms with Crippen LogP contribution in [0.15, 0.2) is 0 Å². The molecule has 1 aromatic rings. The highest BCUT2D eigenvalue weighted by molar-refractivity contribution is 4.96. The lowest BCUT2D eigenvalue weighted by Gasteiger charge is -2.03. The van der Waals surface area contributed by atoms with Crippen molar-refractivity contribution in [3.05, 3.63) is 11.6 Å². The van der Waals surface area contributed by atoms with Gasteiger partial charge in [0.1, 0.15) is 5.82 Å². The molecule has 0 aromatic carbocycles. The Balaban J connectivity index is 1.95. The zero-order chi connectivity index (χ0) is 9.97. The molecule has 2 N–H and O–H groups in total. The highest BCUT2D eigenvalue weighted by atomic mass is 15.2. The first-order valence-electron chi connectivity index (χ1n) is 5.37. The molecule has 14 heavy (non-hydrogen) atoms. The minimum Gasteiger partial charge on any atom is -0.316 e.